The third kappa shape index (κ3) is 6.52. The lowest BCUT2D eigenvalue weighted by Gasteiger charge is -2.55. The average molecular weight is 569 g/mol. The van der Waals surface area contributed by atoms with E-state index in [-0.39, 0.29) is 5.91 Å². The molecule has 2 N–H and O–H groups in total. The SMILES string of the molecule is O=C(NCCCCN1CCCC2=C[C@H]3C[C@H](CN4CCCC[C@H]34)[C@@H]21)c1ccc(CNS(=O)(=O)C(F)(F)F)cc1. The van der Waals surface area contributed by atoms with Gasteiger partial charge in [-0.15, -0.1) is 0 Å². The molecule has 4 atom stereocenters. The number of amides is 1. The largest absolute Gasteiger partial charge is 0.511 e. The molecule has 1 aromatic rings. The molecule has 0 spiro atoms. The number of likely N-dealkylation sites (tertiary alicyclic amines) is 1. The normalized spacial score (nSPS) is 27.8. The second-order valence-electron chi connectivity index (χ2n) is 11.5. The van der Waals surface area contributed by atoms with E-state index in [0.717, 1.165) is 43.8 Å². The molecule has 1 aromatic carbocycles. The van der Waals surface area contributed by atoms with E-state index in [1.807, 2.05) is 0 Å². The lowest BCUT2D eigenvalue weighted by Crippen LogP contribution is -2.59. The van der Waals surface area contributed by atoms with Crippen molar-refractivity contribution in [3.8, 4) is 0 Å². The molecule has 1 aliphatic carbocycles. The zero-order chi connectivity index (χ0) is 27.6. The number of sulfonamides is 1. The first-order chi connectivity index (χ1) is 18.6. The smallest absolute Gasteiger partial charge is 0.352 e. The Morgan fingerprint density at radius 1 is 1.05 bits per heavy atom. The predicted octanol–water partition coefficient (Wildman–Crippen LogP) is 4.03. The molecule has 0 unspecified atom stereocenters. The monoisotopic (exact) mass is 568 g/mol. The summed E-state index contributed by atoms with van der Waals surface area (Å²) in [6, 6.07) is 7.21. The molecule has 0 aromatic heterocycles. The number of alkyl halides is 3. The number of unbranched alkanes of at least 4 members (excludes halogenated alkanes) is 1. The molecule has 0 saturated carbocycles. The van der Waals surface area contributed by atoms with E-state index in [0.29, 0.717) is 23.7 Å². The average Bonchev–Trinajstić information content (AvgIpc) is 2.91. The first-order valence-corrected chi connectivity index (χ1v) is 15.7. The third-order valence-electron chi connectivity index (χ3n) is 8.91. The molecule has 3 heterocycles. The first-order valence-electron chi connectivity index (χ1n) is 14.2. The van der Waals surface area contributed by atoms with Gasteiger partial charge in [0.25, 0.3) is 5.91 Å². The molecule has 39 heavy (non-hydrogen) atoms. The Hall–Kier alpha value is -1.95. The molecule has 2 bridgehead atoms. The van der Waals surface area contributed by atoms with Gasteiger partial charge in [-0.25, -0.2) is 13.1 Å². The van der Waals surface area contributed by atoms with E-state index in [2.05, 4.69) is 21.2 Å². The number of nitrogens with zero attached hydrogens (tertiary/aromatic N) is 2. The molecule has 3 saturated heterocycles. The summed E-state index contributed by atoms with van der Waals surface area (Å²) < 4.78 is 61.1. The van der Waals surface area contributed by atoms with Crippen LogP contribution >= 0.6 is 0 Å². The van der Waals surface area contributed by atoms with Gasteiger partial charge >= 0.3 is 15.5 Å². The topological polar surface area (TPSA) is 81.8 Å². The molecule has 4 aliphatic rings. The van der Waals surface area contributed by atoms with Crippen LogP contribution in [0.25, 0.3) is 0 Å². The van der Waals surface area contributed by atoms with Crippen LogP contribution in [0.4, 0.5) is 13.2 Å². The van der Waals surface area contributed by atoms with Crippen molar-refractivity contribution in [3.05, 3.63) is 47.0 Å². The van der Waals surface area contributed by atoms with Gasteiger partial charge in [0.05, 0.1) is 0 Å². The maximum Gasteiger partial charge on any atom is 0.511 e. The summed E-state index contributed by atoms with van der Waals surface area (Å²) >= 11 is 0. The highest BCUT2D eigenvalue weighted by molar-refractivity contribution is 7.90. The highest BCUT2D eigenvalue weighted by Gasteiger charge is 2.46. The molecule has 216 valence electrons. The number of carbonyl (C=O) groups is 1. The number of benzene rings is 1. The lowest BCUT2D eigenvalue weighted by molar-refractivity contribution is -0.0448. The number of halogens is 3. The van der Waals surface area contributed by atoms with E-state index in [4.69, 9.17) is 0 Å². The fraction of sp³-hybridized carbons (Fsp3) is 0.679. The van der Waals surface area contributed by atoms with Crippen LogP contribution in [0.15, 0.2) is 35.9 Å². The van der Waals surface area contributed by atoms with Crippen molar-refractivity contribution in [2.75, 3.05) is 32.7 Å². The fourth-order valence-electron chi connectivity index (χ4n) is 7.11. The maximum atomic E-state index is 12.5. The van der Waals surface area contributed by atoms with Gasteiger partial charge in [-0.1, -0.05) is 30.2 Å². The minimum Gasteiger partial charge on any atom is -0.352 e. The van der Waals surface area contributed by atoms with Gasteiger partial charge in [0.15, 0.2) is 0 Å². The fourth-order valence-corrected chi connectivity index (χ4v) is 7.63. The zero-order valence-corrected chi connectivity index (χ0v) is 23.1. The van der Waals surface area contributed by atoms with Crippen LogP contribution in [0.3, 0.4) is 0 Å². The molecule has 3 fully saturated rings. The zero-order valence-electron chi connectivity index (χ0n) is 22.3. The summed E-state index contributed by atoms with van der Waals surface area (Å²) in [5, 5.41) is 2.92. The lowest BCUT2D eigenvalue weighted by atomic mass is 9.68. The van der Waals surface area contributed by atoms with E-state index >= 15 is 0 Å². The van der Waals surface area contributed by atoms with Crippen molar-refractivity contribution < 1.29 is 26.4 Å². The van der Waals surface area contributed by atoms with Crippen molar-refractivity contribution >= 4 is 15.9 Å². The molecular weight excluding hydrogens is 529 g/mol. The standard InChI is InChI=1S/C28H39F3N4O3S/c29-28(30,31)39(37,38)33-18-20-8-10-21(11-9-20)27(36)32-12-2-4-13-34-15-5-6-22-16-23-17-24(26(22)34)19-35-14-3-1-7-25(23)35/h8-11,16,23-26,33H,1-7,12-15,17-19H2,(H,32,36)/t23-,24+,25+,26+/m0/s1. The second kappa shape index (κ2) is 11.9. The van der Waals surface area contributed by atoms with Crippen LogP contribution < -0.4 is 10.0 Å². The van der Waals surface area contributed by atoms with E-state index in [1.54, 1.807) is 5.57 Å². The van der Waals surface area contributed by atoms with Crippen molar-refractivity contribution in [2.45, 2.75) is 75.5 Å². The van der Waals surface area contributed by atoms with Gasteiger partial charge in [-0.3, -0.25) is 14.6 Å². The summed E-state index contributed by atoms with van der Waals surface area (Å²) in [6.07, 6.45) is 12.4. The second-order valence-corrected chi connectivity index (χ2v) is 13.2. The Bertz CT molecular complexity index is 1160. The number of hydrogen-bond acceptors (Lipinski definition) is 5. The highest BCUT2D eigenvalue weighted by atomic mass is 32.2. The summed E-state index contributed by atoms with van der Waals surface area (Å²) in [5.74, 6) is 1.22. The van der Waals surface area contributed by atoms with Crippen molar-refractivity contribution in [2.24, 2.45) is 11.8 Å². The molecular formula is C28H39F3N4O3S. The van der Waals surface area contributed by atoms with Gasteiger partial charge in [0, 0.05) is 37.3 Å². The molecule has 11 heteroatoms. The number of piperidine rings is 3. The molecule has 1 amide bonds. The first kappa shape index (κ1) is 28.6. The van der Waals surface area contributed by atoms with Crippen LogP contribution in [-0.2, 0) is 16.6 Å². The highest BCUT2D eigenvalue weighted by Crippen LogP contribution is 2.45. The van der Waals surface area contributed by atoms with Gasteiger partial charge in [0.1, 0.15) is 0 Å². The minimum absolute atomic E-state index is 0.253. The Kier molecular flexibility index (Phi) is 8.71. The summed E-state index contributed by atoms with van der Waals surface area (Å²) in [4.78, 5) is 18.0. The van der Waals surface area contributed by atoms with Gasteiger partial charge in [0.2, 0.25) is 0 Å². The maximum absolute atomic E-state index is 12.5. The number of carbonyl (C=O) groups excluding carboxylic acids is 1. The number of hydrogen-bond donors (Lipinski definition) is 2. The summed E-state index contributed by atoms with van der Waals surface area (Å²) in [6.45, 7) is 4.72. The Morgan fingerprint density at radius 2 is 1.85 bits per heavy atom. The van der Waals surface area contributed by atoms with Crippen molar-refractivity contribution in [3.63, 3.8) is 0 Å². The van der Waals surface area contributed by atoms with Crippen molar-refractivity contribution in [1.82, 2.24) is 19.8 Å². The van der Waals surface area contributed by atoms with Crippen LogP contribution in [0.1, 0.15) is 67.3 Å². The predicted molar refractivity (Wildman–Crippen MR) is 143 cm³/mol. The quantitative estimate of drug-likeness (QED) is 0.347. The number of fused-ring (bicyclic) bond motifs is 6. The van der Waals surface area contributed by atoms with Crippen LogP contribution in [-0.4, -0.2) is 74.4 Å². The van der Waals surface area contributed by atoms with E-state index in [9.17, 15) is 26.4 Å². The summed E-state index contributed by atoms with van der Waals surface area (Å²) in [5.41, 5.74) is -2.97. The van der Waals surface area contributed by atoms with Crippen LogP contribution in [0, 0.1) is 11.8 Å². The van der Waals surface area contributed by atoms with E-state index < -0.39 is 22.1 Å². The Morgan fingerprint density at radius 3 is 2.62 bits per heavy atom. The number of rotatable bonds is 9. The molecule has 3 aliphatic heterocycles. The third-order valence-corrected chi connectivity index (χ3v) is 10.0. The van der Waals surface area contributed by atoms with Gasteiger partial charge < -0.3 is 5.32 Å². The van der Waals surface area contributed by atoms with Crippen LogP contribution in [0.5, 0.6) is 0 Å². The molecule has 7 nitrogen and oxygen atoms in total. The van der Waals surface area contributed by atoms with Gasteiger partial charge in [-0.05, 0) is 94.1 Å². The molecule has 0 radical (unpaired) electrons. The summed E-state index contributed by atoms with van der Waals surface area (Å²) in [7, 11) is -5.40. The Balaban J connectivity index is 1.05. The minimum atomic E-state index is -5.40. The molecule has 5 rings (SSSR count). The Labute approximate surface area is 229 Å². The number of nitrogens with one attached hydrogen (secondary N) is 2. The van der Waals surface area contributed by atoms with Crippen molar-refractivity contribution in [1.29, 1.82) is 0 Å². The van der Waals surface area contributed by atoms with E-state index in [1.165, 1.54) is 80.6 Å². The van der Waals surface area contributed by atoms with Crippen LogP contribution in [0.2, 0.25) is 0 Å². The van der Waals surface area contributed by atoms with Gasteiger partial charge in [-0.2, -0.15) is 13.2 Å².